The number of piperazine rings is 2. The maximum atomic E-state index is 13.8. The molecule has 0 spiro atoms. The number of benzene rings is 1. The molecule has 1 aromatic carbocycles. The molecule has 3 aliphatic heterocycles. The number of nitrogens with zero attached hydrogens (tertiary/aromatic N) is 8. The summed E-state index contributed by atoms with van der Waals surface area (Å²) in [6.07, 6.45) is 5.40. The Hall–Kier alpha value is -4.21. The molecule has 0 radical (unpaired) electrons. The summed E-state index contributed by atoms with van der Waals surface area (Å²) in [6.45, 7) is 18.1. The normalized spacial score (nSPS) is 20.1. The highest BCUT2D eigenvalue weighted by Gasteiger charge is 2.34. The number of hydrogen-bond acceptors (Lipinski definition) is 13. The van der Waals surface area contributed by atoms with E-state index in [4.69, 9.17) is 9.73 Å². The molecule has 15 heteroatoms. The van der Waals surface area contributed by atoms with Crippen LogP contribution >= 0.6 is 0 Å². The predicted octanol–water partition coefficient (Wildman–Crippen LogP) is 2.99. The van der Waals surface area contributed by atoms with Gasteiger partial charge in [0.15, 0.2) is 15.7 Å². The molecule has 3 aliphatic rings. The largest absolute Gasteiger partial charge is 0.492 e. The van der Waals surface area contributed by atoms with Crippen molar-refractivity contribution in [1.82, 2.24) is 40.4 Å². The SMILES string of the molecule is CC1=C(C)C(=Nc2ncnc3cc(OCCCN4CCN(C(=O)c5cnc(N6CCN[C@H](C)C6)cn5)CC4)c(S(=O)(=O)C(C)(C)C)cc23)CN1. The van der Waals surface area contributed by atoms with E-state index in [9.17, 15) is 13.2 Å². The average Bonchev–Trinajstić information content (AvgIpc) is 3.41. The Morgan fingerprint density at radius 3 is 2.48 bits per heavy atom. The lowest BCUT2D eigenvalue weighted by Crippen LogP contribution is -2.50. The van der Waals surface area contributed by atoms with Crippen LogP contribution in [0, 0.1) is 0 Å². The first-order valence-corrected chi connectivity index (χ1v) is 18.8. The fourth-order valence-corrected chi connectivity index (χ4v) is 7.60. The number of sulfone groups is 1. The fraction of sp³-hybridized carbons (Fsp3) is 0.543. The highest BCUT2D eigenvalue weighted by Crippen LogP contribution is 2.37. The van der Waals surface area contributed by atoms with Crippen molar-refractivity contribution in [3.8, 4) is 5.75 Å². The van der Waals surface area contributed by atoms with Gasteiger partial charge in [0.2, 0.25) is 0 Å². The third kappa shape index (κ3) is 7.59. The Morgan fingerprint density at radius 2 is 1.82 bits per heavy atom. The van der Waals surface area contributed by atoms with Gasteiger partial charge in [-0.15, -0.1) is 0 Å². The summed E-state index contributed by atoms with van der Waals surface area (Å²) in [5, 5.41) is 7.26. The van der Waals surface area contributed by atoms with Crippen molar-refractivity contribution in [2.24, 2.45) is 4.99 Å². The van der Waals surface area contributed by atoms with E-state index in [0.29, 0.717) is 61.1 Å². The number of anilines is 1. The van der Waals surface area contributed by atoms with E-state index in [-0.39, 0.29) is 16.6 Å². The molecule has 3 aromatic rings. The molecule has 2 saturated heterocycles. The Bertz CT molecular complexity index is 1900. The summed E-state index contributed by atoms with van der Waals surface area (Å²) in [5.41, 5.74) is 3.88. The van der Waals surface area contributed by atoms with Gasteiger partial charge in [-0.3, -0.25) is 9.69 Å². The van der Waals surface area contributed by atoms with Gasteiger partial charge in [0.05, 0.1) is 41.5 Å². The minimum Gasteiger partial charge on any atom is -0.492 e. The van der Waals surface area contributed by atoms with E-state index < -0.39 is 14.6 Å². The Kier molecular flexibility index (Phi) is 10.4. The van der Waals surface area contributed by atoms with Crippen molar-refractivity contribution < 1.29 is 17.9 Å². The van der Waals surface area contributed by atoms with Crippen LogP contribution in [0.5, 0.6) is 5.75 Å². The van der Waals surface area contributed by atoms with E-state index in [1.807, 2.05) is 18.7 Å². The first kappa shape index (κ1) is 35.6. The number of aromatic nitrogens is 4. The number of ether oxygens (including phenoxy) is 1. The van der Waals surface area contributed by atoms with E-state index in [0.717, 1.165) is 62.1 Å². The molecule has 2 aromatic heterocycles. The summed E-state index contributed by atoms with van der Waals surface area (Å²) in [4.78, 5) is 42.2. The standard InChI is InChI=1S/C35H48N10O4S/c1-23-21-45(10-8-36-23)32-20-38-29(19-39-32)34(46)44-13-11-43(12-14-44)9-7-15-49-30-17-27-26(16-31(30)50(47,48)35(4,5)6)33(41-22-40-27)42-28-18-37-25(3)24(28)2/h16-17,19-20,22-23,36-37H,7-15,18,21H2,1-6H3/t23-/m1/s1. The van der Waals surface area contributed by atoms with Crippen molar-refractivity contribution in [3.05, 3.63) is 47.8 Å². The number of amides is 1. The van der Waals surface area contributed by atoms with Crippen molar-refractivity contribution in [2.75, 3.05) is 70.4 Å². The van der Waals surface area contributed by atoms with Gasteiger partial charge in [0.25, 0.3) is 5.91 Å². The summed E-state index contributed by atoms with van der Waals surface area (Å²) in [6, 6.07) is 3.68. The third-order valence-corrected chi connectivity index (χ3v) is 12.1. The molecule has 2 N–H and O–H groups in total. The molecule has 50 heavy (non-hydrogen) atoms. The molecule has 1 amide bonds. The van der Waals surface area contributed by atoms with Crippen LogP contribution in [-0.4, -0.2) is 126 Å². The summed E-state index contributed by atoms with van der Waals surface area (Å²) in [5.74, 6) is 1.38. The van der Waals surface area contributed by atoms with Gasteiger partial charge in [0, 0.05) is 75.5 Å². The van der Waals surface area contributed by atoms with Crippen LogP contribution in [0.15, 0.2) is 52.0 Å². The number of aliphatic imine (C=N–C) groups is 1. The zero-order valence-corrected chi connectivity index (χ0v) is 30.7. The molecule has 0 aliphatic carbocycles. The second-order valence-corrected chi connectivity index (χ2v) is 16.9. The highest BCUT2D eigenvalue weighted by atomic mass is 32.2. The van der Waals surface area contributed by atoms with Crippen LogP contribution in [0.25, 0.3) is 10.9 Å². The van der Waals surface area contributed by atoms with Crippen molar-refractivity contribution in [1.29, 1.82) is 0 Å². The van der Waals surface area contributed by atoms with Gasteiger partial charge in [-0.25, -0.2) is 33.3 Å². The molecule has 0 bridgehead atoms. The minimum absolute atomic E-state index is 0.104. The van der Waals surface area contributed by atoms with E-state index in [1.54, 1.807) is 45.3 Å². The zero-order valence-electron chi connectivity index (χ0n) is 29.9. The first-order chi connectivity index (χ1) is 23.8. The third-order valence-electron chi connectivity index (χ3n) is 9.62. The lowest BCUT2D eigenvalue weighted by atomic mass is 10.2. The zero-order chi connectivity index (χ0) is 35.6. The fourth-order valence-electron chi connectivity index (χ4n) is 6.28. The summed E-state index contributed by atoms with van der Waals surface area (Å²) in [7, 11) is -3.78. The molecule has 2 fully saturated rings. The van der Waals surface area contributed by atoms with E-state index in [2.05, 4.69) is 47.3 Å². The van der Waals surface area contributed by atoms with E-state index in [1.165, 1.54) is 6.33 Å². The molecular weight excluding hydrogens is 657 g/mol. The van der Waals surface area contributed by atoms with Crippen LogP contribution in [-0.2, 0) is 9.84 Å². The Balaban J connectivity index is 1.07. The number of fused-ring (bicyclic) bond motifs is 1. The summed E-state index contributed by atoms with van der Waals surface area (Å²) < 4.78 is 32.8. The van der Waals surface area contributed by atoms with Gasteiger partial charge in [-0.2, -0.15) is 0 Å². The molecule has 268 valence electrons. The highest BCUT2D eigenvalue weighted by molar-refractivity contribution is 7.92. The second kappa shape index (κ2) is 14.6. The maximum Gasteiger partial charge on any atom is 0.274 e. The van der Waals surface area contributed by atoms with Crippen LogP contribution < -0.4 is 20.3 Å². The molecule has 14 nitrogen and oxygen atoms in total. The number of carbonyl (C=O) groups excluding carboxylic acids is 1. The van der Waals surface area contributed by atoms with Gasteiger partial charge < -0.3 is 25.2 Å². The molecule has 1 atom stereocenters. The quantitative estimate of drug-likeness (QED) is 0.314. The number of rotatable bonds is 9. The number of allylic oxidation sites excluding steroid dienone is 1. The van der Waals surface area contributed by atoms with Crippen molar-refractivity contribution in [2.45, 2.75) is 63.6 Å². The molecule has 0 saturated carbocycles. The second-order valence-electron chi connectivity index (χ2n) is 14.2. The smallest absolute Gasteiger partial charge is 0.274 e. The minimum atomic E-state index is -3.78. The van der Waals surface area contributed by atoms with Gasteiger partial charge >= 0.3 is 0 Å². The lowest BCUT2D eigenvalue weighted by Gasteiger charge is -2.34. The summed E-state index contributed by atoms with van der Waals surface area (Å²) >= 11 is 0. The molecule has 0 unspecified atom stereocenters. The number of nitrogens with one attached hydrogen (secondary N) is 2. The Morgan fingerprint density at radius 1 is 1.04 bits per heavy atom. The predicted molar refractivity (Wildman–Crippen MR) is 194 cm³/mol. The molecule has 6 rings (SSSR count). The van der Waals surface area contributed by atoms with Crippen LogP contribution in [0.2, 0.25) is 0 Å². The van der Waals surface area contributed by atoms with Crippen LogP contribution in [0.3, 0.4) is 0 Å². The Labute approximate surface area is 294 Å². The average molecular weight is 705 g/mol. The lowest BCUT2D eigenvalue weighted by molar-refractivity contribution is 0.0624. The molecular formula is C35H48N10O4S. The maximum absolute atomic E-state index is 13.8. The monoisotopic (exact) mass is 704 g/mol. The topological polar surface area (TPSA) is 158 Å². The van der Waals surface area contributed by atoms with E-state index >= 15 is 0 Å². The number of hydrogen-bond donors (Lipinski definition) is 2. The first-order valence-electron chi connectivity index (χ1n) is 17.3. The van der Waals surface area contributed by atoms with Gasteiger partial charge in [-0.05, 0) is 59.6 Å². The van der Waals surface area contributed by atoms with Crippen LogP contribution in [0.1, 0.15) is 58.5 Å². The van der Waals surface area contributed by atoms with Crippen molar-refractivity contribution in [3.63, 3.8) is 0 Å². The van der Waals surface area contributed by atoms with Gasteiger partial charge in [0.1, 0.15) is 28.5 Å². The van der Waals surface area contributed by atoms with Gasteiger partial charge in [-0.1, -0.05) is 0 Å². The number of carbonyl (C=O) groups is 1. The molecule has 5 heterocycles. The van der Waals surface area contributed by atoms with Crippen LogP contribution in [0.4, 0.5) is 11.6 Å². The van der Waals surface area contributed by atoms with Crippen molar-refractivity contribution >= 4 is 44.0 Å².